The van der Waals surface area contributed by atoms with Gasteiger partial charge < -0.3 is 18.8 Å². The molecule has 1 atom stereocenters. The Bertz CT molecular complexity index is 839. The zero-order valence-corrected chi connectivity index (χ0v) is 15.5. The van der Waals surface area contributed by atoms with Gasteiger partial charge in [-0.25, -0.2) is 9.18 Å². The summed E-state index contributed by atoms with van der Waals surface area (Å²) < 4.78 is 30.8. The summed E-state index contributed by atoms with van der Waals surface area (Å²) in [4.78, 5) is 24.3. The molecule has 27 heavy (non-hydrogen) atoms. The number of rotatable bonds is 4. The third kappa shape index (κ3) is 4.67. The Morgan fingerprint density at radius 1 is 1.30 bits per heavy atom. The van der Waals surface area contributed by atoms with Crippen molar-refractivity contribution in [3.05, 3.63) is 41.9 Å². The Kier molecular flexibility index (Phi) is 5.21. The quantitative estimate of drug-likeness (QED) is 0.746. The van der Waals surface area contributed by atoms with Crippen LogP contribution >= 0.6 is 0 Å². The van der Waals surface area contributed by atoms with E-state index in [1.807, 2.05) is 20.8 Å². The van der Waals surface area contributed by atoms with E-state index in [4.69, 9.17) is 13.9 Å². The molecule has 144 valence electrons. The maximum Gasteiger partial charge on any atom is 0.410 e. The summed E-state index contributed by atoms with van der Waals surface area (Å²) >= 11 is 0. The first-order valence-electron chi connectivity index (χ1n) is 8.75. The number of carbonyl (C=O) groups is 2. The predicted octanol–water partition coefficient (Wildman–Crippen LogP) is 4.29. The van der Waals surface area contributed by atoms with Gasteiger partial charge in [-0.3, -0.25) is 4.79 Å². The average molecular weight is 375 g/mol. The number of halogens is 1. The smallest absolute Gasteiger partial charge is 0.410 e. The minimum atomic E-state index is -0.562. The molecule has 0 aliphatic carbocycles. The summed E-state index contributed by atoms with van der Waals surface area (Å²) in [6.45, 7) is 6.27. The summed E-state index contributed by atoms with van der Waals surface area (Å²) in [5.74, 6) is 0.155. The van der Waals surface area contributed by atoms with E-state index in [9.17, 15) is 14.0 Å². The van der Waals surface area contributed by atoms with E-state index in [0.717, 1.165) is 0 Å². The van der Waals surface area contributed by atoms with E-state index in [0.29, 0.717) is 37.1 Å². The predicted molar refractivity (Wildman–Crippen MR) is 96.3 cm³/mol. The van der Waals surface area contributed by atoms with Crippen LogP contribution in [0.2, 0.25) is 0 Å². The van der Waals surface area contributed by atoms with Crippen LogP contribution in [0.1, 0.15) is 37.7 Å². The molecule has 7 heteroatoms. The van der Waals surface area contributed by atoms with Gasteiger partial charge in [-0.15, -0.1) is 0 Å². The minimum absolute atomic E-state index is 0.108. The van der Waals surface area contributed by atoms with Crippen molar-refractivity contribution in [3.8, 4) is 17.1 Å². The van der Waals surface area contributed by atoms with Gasteiger partial charge in [0.05, 0.1) is 6.54 Å². The molecule has 1 fully saturated rings. The minimum Gasteiger partial charge on any atom is -0.485 e. The second kappa shape index (κ2) is 7.42. The van der Waals surface area contributed by atoms with Crippen LogP contribution < -0.4 is 4.74 Å². The van der Waals surface area contributed by atoms with Gasteiger partial charge in [0, 0.05) is 18.5 Å². The SMILES string of the molecule is CC(C)(C)OC(=O)N1CCC(Oc2ccc(-c3ccc(C=O)o3)cc2F)C1. The molecule has 0 radical (unpaired) electrons. The van der Waals surface area contributed by atoms with E-state index in [2.05, 4.69) is 0 Å². The molecular formula is C20H22FNO5. The summed E-state index contributed by atoms with van der Waals surface area (Å²) in [5, 5.41) is 0. The lowest BCUT2D eigenvalue weighted by Gasteiger charge is -2.24. The number of aldehydes is 1. The number of hydrogen-bond donors (Lipinski definition) is 0. The highest BCUT2D eigenvalue weighted by Gasteiger charge is 2.31. The molecule has 6 nitrogen and oxygen atoms in total. The molecular weight excluding hydrogens is 353 g/mol. The fourth-order valence-corrected chi connectivity index (χ4v) is 2.82. The number of furan rings is 1. The first kappa shape index (κ1) is 18.9. The van der Waals surface area contributed by atoms with Crippen molar-refractivity contribution in [2.75, 3.05) is 13.1 Å². The van der Waals surface area contributed by atoms with Crippen molar-refractivity contribution in [2.24, 2.45) is 0 Å². The molecule has 3 rings (SSSR count). The van der Waals surface area contributed by atoms with Crippen LogP contribution in [0, 0.1) is 5.82 Å². The van der Waals surface area contributed by atoms with Crippen LogP contribution in [0.5, 0.6) is 5.75 Å². The van der Waals surface area contributed by atoms with Crippen LogP contribution in [0.3, 0.4) is 0 Å². The van der Waals surface area contributed by atoms with Crippen LogP contribution in [0.15, 0.2) is 34.7 Å². The standard InChI is InChI=1S/C20H22FNO5/c1-20(2,3)27-19(24)22-9-8-14(11-22)25-18-6-4-13(10-16(18)21)17-7-5-15(12-23)26-17/h4-7,10,12,14H,8-9,11H2,1-3H3. The van der Waals surface area contributed by atoms with Crippen molar-refractivity contribution in [2.45, 2.75) is 38.9 Å². The molecule has 1 aromatic carbocycles. The number of ether oxygens (including phenoxy) is 2. The monoisotopic (exact) mass is 375 g/mol. The lowest BCUT2D eigenvalue weighted by Crippen LogP contribution is -2.36. The van der Waals surface area contributed by atoms with Crippen molar-refractivity contribution in [1.29, 1.82) is 0 Å². The number of benzene rings is 1. The number of carbonyl (C=O) groups excluding carboxylic acids is 2. The number of nitrogens with zero attached hydrogens (tertiary/aromatic N) is 1. The molecule has 0 saturated carbocycles. The Hall–Kier alpha value is -2.83. The third-order valence-electron chi connectivity index (χ3n) is 4.05. The van der Waals surface area contributed by atoms with E-state index >= 15 is 0 Å². The maximum absolute atomic E-state index is 14.4. The number of amides is 1. The van der Waals surface area contributed by atoms with Gasteiger partial charge >= 0.3 is 6.09 Å². The Balaban J connectivity index is 1.63. The Morgan fingerprint density at radius 2 is 2.07 bits per heavy atom. The van der Waals surface area contributed by atoms with E-state index in [-0.39, 0.29) is 17.6 Å². The zero-order valence-electron chi connectivity index (χ0n) is 15.5. The fourth-order valence-electron chi connectivity index (χ4n) is 2.82. The Labute approximate surface area is 156 Å². The second-order valence-corrected chi connectivity index (χ2v) is 7.42. The maximum atomic E-state index is 14.4. The molecule has 1 aliphatic rings. The topological polar surface area (TPSA) is 69.0 Å². The van der Waals surface area contributed by atoms with E-state index in [1.165, 1.54) is 18.2 Å². The number of hydrogen-bond acceptors (Lipinski definition) is 5. The summed E-state index contributed by atoms with van der Waals surface area (Å²) in [5.41, 5.74) is -0.0529. The van der Waals surface area contributed by atoms with Crippen LogP contribution in [0.25, 0.3) is 11.3 Å². The molecule has 0 bridgehead atoms. The van der Waals surface area contributed by atoms with Crippen molar-refractivity contribution >= 4 is 12.4 Å². The van der Waals surface area contributed by atoms with Gasteiger partial charge in [0.25, 0.3) is 0 Å². The largest absolute Gasteiger partial charge is 0.485 e. The summed E-state index contributed by atoms with van der Waals surface area (Å²) in [6.07, 6.45) is 0.492. The number of likely N-dealkylation sites (tertiary alicyclic amines) is 1. The van der Waals surface area contributed by atoms with Gasteiger partial charge in [0.2, 0.25) is 0 Å². The van der Waals surface area contributed by atoms with Gasteiger partial charge in [-0.2, -0.15) is 0 Å². The average Bonchev–Trinajstić information content (AvgIpc) is 3.24. The highest BCUT2D eigenvalue weighted by atomic mass is 19.1. The zero-order chi connectivity index (χ0) is 19.6. The first-order chi connectivity index (χ1) is 12.7. The molecule has 2 heterocycles. The summed E-state index contributed by atoms with van der Waals surface area (Å²) in [6, 6.07) is 7.60. The molecule has 1 aliphatic heterocycles. The molecule has 0 spiro atoms. The van der Waals surface area contributed by atoms with Crippen LogP contribution in [-0.4, -0.2) is 42.1 Å². The van der Waals surface area contributed by atoms with Crippen LogP contribution in [-0.2, 0) is 4.74 Å². The summed E-state index contributed by atoms with van der Waals surface area (Å²) in [7, 11) is 0. The highest BCUT2D eigenvalue weighted by molar-refractivity contribution is 5.73. The van der Waals surface area contributed by atoms with Crippen molar-refractivity contribution < 1.29 is 27.9 Å². The first-order valence-corrected chi connectivity index (χ1v) is 8.75. The molecule has 2 aromatic rings. The molecule has 1 saturated heterocycles. The molecule has 0 N–H and O–H groups in total. The fraction of sp³-hybridized carbons (Fsp3) is 0.400. The van der Waals surface area contributed by atoms with Crippen molar-refractivity contribution in [3.63, 3.8) is 0 Å². The van der Waals surface area contributed by atoms with Crippen molar-refractivity contribution in [1.82, 2.24) is 4.90 Å². The van der Waals surface area contributed by atoms with E-state index in [1.54, 1.807) is 17.0 Å². The van der Waals surface area contributed by atoms with Crippen LogP contribution in [0.4, 0.5) is 9.18 Å². The molecule has 1 unspecified atom stereocenters. The van der Waals surface area contributed by atoms with Gasteiger partial charge in [-0.05, 0) is 51.1 Å². The second-order valence-electron chi connectivity index (χ2n) is 7.42. The highest BCUT2D eigenvalue weighted by Crippen LogP contribution is 2.28. The van der Waals surface area contributed by atoms with E-state index < -0.39 is 17.5 Å². The van der Waals surface area contributed by atoms with Gasteiger partial charge in [0.1, 0.15) is 17.5 Å². The molecule has 1 amide bonds. The third-order valence-corrected chi connectivity index (χ3v) is 4.05. The Morgan fingerprint density at radius 3 is 2.70 bits per heavy atom. The lowest BCUT2D eigenvalue weighted by molar-refractivity contribution is 0.0275. The van der Waals surface area contributed by atoms with Gasteiger partial charge in [0.15, 0.2) is 23.6 Å². The van der Waals surface area contributed by atoms with Gasteiger partial charge in [-0.1, -0.05) is 0 Å². The molecule has 1 aromatic heterocycles. The normalized spacial score (nSPS) is 17.0. The lowest BCUT2D eigenvalue weighted by atomic mass is 10.1.